The molecule has 3 heterocycles. The number of aromatic hydroxyl groups is 4. The zero-order valence-electron chi connectivity index (χ0n) is 72.5. The van der Waals surface area contributed by atoms with Crippen LogP contribution in [0.5, 0.6) is 23.0 Å². The van der Waals surface area contributed by atoms with Crippen molar-refractivity contribution in [1.29, 1.82) is 5.41 Å². The third-order valence-corrected chi connectivity index (χ3v) is 21.1. The lowest BCUT2D eigenvalue weighted by molar-refractivity contribution is -0.138. The van der Waals surface area contributed by atoms with Gasteiger partial charge in [-0.05, 0) is 122 Å². The highest BCUT2D eigenvalue weighted by Gasteiger charge is 2.38. The largest absolute Gasteiger partial charge is 0.508 e. The Kier molecular flexibility index (Phi) is 40.8. The van der Waals surface area contributed by atoms with Gasteiger partial charge in [0.25, 0.3) is 0 Å². The molecule has 0 saturated carbocycles. The number of aliphatic carboxylic acids is 1. The minimum absolute atomic E-state index is 0.00271. The number of amides is 16. The van der Waals surface area contributed by atoms with Gasteiger partial charge in [0.2, 0.25) is 94.5 Å². The molecule has 1 saturated heterocycles. The Balaban J connectivity index is 1.29. The fourth-order valence-corrected chi connectivity index (χ4v) is 14.2. The third-order valence-electron chi connectivity index (χ3n) is 20.1. The summed E-state index contributed by atoms with van der Waals surface area (Å²) in [5.74, 6) is -20.6. The van der Waals surface area contributed by atoms with Gasteiger partial charge in [-0.3, -0.25) is 86.9 Å². The number of thioether (sulfide) groups is 1. The van der Waals surface area contributed by atoms with Crippen LogP contribution in [-0.2, 0) is 120 Å². The van der Waals surface area contributed by atoms with Crippen LogP contribution in [0.3, 0.4) is 0 Å². The number of phenolic OH excluding ortho intramolecular Hbond substituents is 4. The molecule has 1 fully saturated rings. The molecule has 2 aromatic heterocycles. The number of nitrogens with one attached hydrogen (secondary N) is 19. The number of aromatic nitrogens is 4. The zero-order chi connectivity index (χ0) is 96.0. The van der Waals surface area contributed by atoms with E-state index in [1.54, 1.807) is 27.7 Å². The predicted molar refractivity (Wildman–Crippen MR) is 471 cm³/mol. The number of carboxylic acids is 1. The molecule has 706 valence electrons. The molecular formula is C85H113N23O22S. The van der Waals surface area contributed by atoms with Crippen molar-refractivity contribution in [3.8, 4) is 23.0 Å². The van der Waals surface area contributed by atoms with Crippen molar-refractivity contribution in [2.45, 2.75) is 184 Å². The highest BCUT2D eigenvalue weighted by molar-refractivity contribution is 8.00. The maximum Gasteiger partial charge on any atom is 0.303 e. The van der Waals surface area contributed by atoms with Crippen molar-refractivity contribution in [3.63, 3.8) is 0 Å². The summed E-state index contributed by atoms with van der Waals surface area (Å²) in [5, 5.41) is 99.3. The first-order chi connectivity index (χ1) is 62.2. The molecule has 1 aliphatic heterocycles. The van der Waals surface area contributed by atoms with E-state index in [4.69, 9.17) is 16.9 Å². The summed E-state index contributed by atoms with van der Waals surface area (Å²) in [7, 11) is 0. The number of primary amides is 1. The van der Waals surface area contributed by atoms with Crippen LogP contribution in [0.2, 0.25) is 0 Å². The number of phenols is 4. The maximum absolute atomic E-state index is 15.4. The molecule has 0 radical (unpaired) electrons. The average Bonchev–Trinajstić information content (AvgIpc) is 1.78. The van der Waals surface area contributed by atoms with Gasteiger partial charge in [0.15, 0.2) is 5.96 Å². The van der Waals surface area contributed by atoms with E-state index in [0.717, 1.165) is 11.8 Å². The number of hydrogen-bond acceptors (Lipinski definition) is 25. The van der Waals surface area contributed by atoms with E-state index in [1.165, 1.54) is 129 Å². The molecule has 0 aliphatic carbocycles. The predicted octanol–water partition coefficient (Wildman–Crippen LogP) is -4.65. The van der Waals surface area contributed by atoms with Gasteiger partial charge in [0, 0.05) is 69.6 Å². The van der Waals surface area contributed by atoms with Gasteiger partial charge >= 0.3 is 5.97 Å². The first kappa shape index (κ1) is 103. The molecule has 12 atom stereocenters. The van der Waals surface area contributed by atoms with Crippen molar-refractivity contribution in [3.05, 3.63) is 156 Å². The Hall–Kier alpha value is -14.9. The molecular weight excluding hydrogens is 1730 g/mol. The summed E-state index contributed by atoms with van der Waals surface area (Å²) >= 11 is 0.726. The summed E-state index contributed by atoms with van der Waals surface area (Å²) in [5.41, 5.74) is 12.6. The Morgan fingerprint density at radius 1 is 0.427 bits per heavy atom. The molecule has 0 spiro atoms. The van der Waals surface area contributed by atoms with Crippen LogP contribution in [0.1, 0.15) is 107 Å². The highest BCUT2D eigenvalue weighted by Crippen LogP contribution is 2.20. The number of benzene rings is 4. The van der Waals surface area contributed by atoms with E-state index in [2.05, 4.69) is 105 Å². The van der Waals surface area contributed by atoms with Crippen molar-refractivity contribution in [2.24, 2.45) is 23.3 Å². The van der Waals surface area contributed by atoms with E-state index in [0.29, 0.717) is 22.3 Å². The topological polar surface area (TPSA) is 717 Å². The molecule has 0 bridgehead atoms. The SMILES string of the molecule is CC(C)C[C@@H]1NC(=O)[C@H](C)NC(=O)[C@H](CCCNC(=N)N)NC(=O)[C@H](Cc2ccc(O)cc2)NC(=O)[C@H](Cc2ccc(O)cc2)NC(=O)[C@H](Cc2c[nH]cn2)NC(=O)[C@H](Cc2c[nH]cn2)NC(=O)[C@H](Cc2ccc(O)cc2)NC(=O)CSC[C@@H](C(=O)NCC(N)=O)NC(=O)CNC(=O)[C@H](CC(C)C)NC(=O)[C@H](CCC(=O)O)NC(=O)CNC(=O)[C@H](Cc2ccc(O)cc2)NC1=O. The fourth-order valence-electron chi connectivity index (χ4n) is 13.3. The summed E-state index contributed by atoms with van der Waals surface area (Å²) in [6.45, 7) is 5.40. The average molecular weight is 1840 g/mol. The van der Waals surface area contributed by atoms with Crippen LogP contribution < -0.4 is 96.5 Å². The molecule has 28 N–H and O–H groups in total. The molecule has 0 unspecified atom stereocenters. The van der Waals surface area contributed by atoms with Crippen LogP contribution in [0, 0.1) is 17.2 Å². The van der Waals surface area contributed by atoms with Gasteiger partial charge in [0.1, 0.15) is 95.5 Å². The molecule has 45 nitrogen and oxygen atoms in total. The zero-order valence-corrected chi connectivity index (χ0v) is 73.3. The molecule has 131 heavy (non-hydrogen) atoms. The normalized spacial score (nSPS) is 22.1. The first-order valence-corrected chi connectivity index (χ1v) is 43.1. The summed E-state index contributed by atoms with van der Waals surface area (Å²) in [4.78, 5) is 256. The molecule has 16 amide bonds. The van der Waals surface area contributed by atoms with Crippen LogP contribution in [-0.4, -0.2) is 262 Å². The van der Waals surface area contributed by atoms with Gasteiger partial charge in [-0.25, -0.2) is 9.97 Å². The minimum Gasteiger partial charge on any atom is -0.508 e. The Morgan fingerprint density at radius 2 is 0.763 bits per heavy atom. The Bertz CT molecular complexity index is 4930. The number of rotatable bonds is 26. The second-order valence-corrected chi connectivity index (χ2v) is 32.9. The molecule has 4 aromatic carbocycles. The number of guanidine groups is 1. The fraction of sp³-hybridized carbons (Fsp3) is 0.435. The lowest BCUT2D eigenvalue weighted by Gasteiger charge is -2.28. The van der Waals surface area contributed by atoms with Gasteiger partial charge in [-0.1, -0.05) is 76.2 Å². The highest BCUT2D eigenvalue weighted by atomic mass is 32.2. The van der Waals surface area contributed by atoms with Crippen LogP contribution in [0.15, 0.2) is 122 Å². The lowest BCUT2D eigenvalue weighted by Crippen LogP contribution is -2.61. The Labute approximate surface area is 756 Å². The summed E-state index contributed by atoms with van der Waals surface area (Å²) < 4.78 is 0. The van der Waals surface area contributed by atoms with Gasteiger partial charge in [0.05, 0.1) is 49.4 Å². The molecule has 7 rings (SSSR count). The smallest absolute Gasteiger partial charge is 0.303 e. The summed E-state index contributed by atoms with van der Waals surface area (Å²) in [6.07, 6.45) is 1.32. The maximum atomic E-state index is 15.4. The Morgan fingerprint density at radius 3 is 1.16 bits per heavy atom. The number of imidazole rings is 2. The quantitative estimate of drug-likeness (QED) is 0.0138. The van der Waals surface area contributed by atoms with Crippen LogP contribution in [0.25, 0.3) is 0 Å². The number of aromatic amines is 2. The number of hydrogen-bond donors (Lipinski definition) is 26. The van der Waals surface area contributed by atoms with E-state index >= 15 is 19.2 Å². The van der Waals surface area contributed by atoms with Crippen molar-refractivity contribution in [2.75, 3.05) is 37.7 Å². The van der Waals surface area contributed by atoms with Crippen molar-refractivity contribution < 1.29 is 107 Å². The van der Waals surface area contributed by atoms with E-state index in [1.807, 2.05) is 0 Å². The van der Waals surface area contributed by atoms with Crippen molar-refractivity contribution >= 4 is 118 Å². The van der Waals surface area contributed by atoms with E-state index in [-0.39, 0.29) is 97.7 Å². The van der Waals surface area contributed by atoms with Gasteiger partial charge in [-0.15, -0.1) is 11.8 Å². The number of carbonyl (C=O) groups excluding carboxylic acids is 16. The van der Waals surface area contributed by atoms with Crippen molar-refractivity contribution in [1.82, 2.24) is 105 Å². The minimum atomic E-state index is -1.72. The first-order valence-electron chi connectivity index (χ1n) is 41.9. The van der Waals surface area contributed by atoms with E-state index < -0.39 is 242 Å². The monoisotopic (exact) mass is 1840 g/mol. The number of carbonyl (C=O) groups is 17. The molecule has 1 aliphatic rings. The molecule has 6 aromatic rings. The lowest BCUT2D eigenvalue weighted by atomic mass is 10.0. The van der Waals surface area contributed by atoms with Gasteiger partial charge < -0.3 is 132 Å². The third kappa shape index (κ3) is 36.8. The van der Waals surface area contributed by atoms with E-state index in [9.17, 15) is 87.9 Å². The second kappa shape index (κ2) is 51.8. The number of nitrogens with two attached hydrogens (primary N) is 2. The standard InChI is InChI=1S/C85H113N23O22S/c1-44(2)27-59-74(120)93-39-70(115)100-67(76(122)92-37-68(86)113)40-131-41-71(116)99-62(30-48-10-18-54(110)19-11-48)80(126)107-66(34-52-36-90-43-96-52)84(130)108-65(33-51-35-89-42-95-51)83(129)106-64(32-50-14-22-56(112)23-15-50)82(128)105-63(31-49-12-20-55(111)21-13-49)81(127)101-57(7-6-26-91-85(87)88)77(123)97-46(5)73(119)102-60(28-45(3)4)79(125)104-61(29-47-8-16-53(109)17-9-47)75(121)94-38-69(114)98-58(78(124)103-59)24-25-72(117)118/h8-23,35-36,42-46,57-67,109-112H,6-7,24-34,37-41H2,1-5H3,(H2,86,113)(H,89,95)(H,90,96)(H,92,122)(H,93,120)(H,94,121)(H,97,123)(H,98,114)(H,99,116)(H,100,115)(H,101,127)(H,102,119)(H,103,124)(H,104,125)(H,105,128)(H,106,129)(H,107,126)(H,108,130)(H,117,118)(H4,87,88,91)/t46-,57-,58-,59-,60-,61-,62-,63-,64-,65-,66-,67-/m0/s1. The number of H-pyrrole nitrogens is 2. The number of nitrogens with zero attached hydrogens (tertiary/aromatic N) is 2. The number of carboxylic acid groups (broad SMARTS) is 1. The van der Waals surface area contributed by atoms with Crippen LogP contribution in [0.4, 0.5) is 0 Å². The van der Waals surface area contributed by atoms with Crippen LogP contribution >= 0.6 is 11.8 Å². The second-order valence-electron chi connectivity index (χ2n) is 31.9. The summed E-state index contributed by atoms with van der Waals surface area (Å²) in [6, 6.07) is 2.38. The molecule has 46 heteroatoms. The van der Waals surface area contributed by atoms with Gasteiger partial charge in [-0.2, -0.15) is 0 Å².